The van der Waals surface area contributed by atoms with Gasteiger partial charge in [-0.2, -0.15) is 0 Å². The molecular weight excluding hydrogens is 431 g/mol. The van der Waals surface area contributed by atoms with E-state index in [4.69, 9.17) is 21.4 Å². The van der Waals surface area contributed by atoms with Gasteiger partial charge < -0.3 is 0 Å². The summed E-state index contributed by atoms with van der Waals surface area (Å²) in [7, 11) is 8.80. The molecule has 0 saturated carbocycles. The summed E-state index contributed by atoms with van der Waals surface area (Å²) in [5.41, 5.74) is 3.10. The van der Waals surface area contributed by atoms with E-state index in [9.17, 15) is 8.42 Å². The predicted molar refractivity (Wildman–Crippen MR) is 121 cm³/mol. The summed E-state index contributed by atoms with van der Waals surface area (Å²) in [4.78, 5) is 1.05. The molecule has 2 unspecified atom stereocenters. The zero-order valence-corrected chi connectivity index (χ0v) is 18.3. The van der Waals surface area contributed by atoms with Gasteiger partial charge in [0.15, 0.2) is 0 Å². The molecular formula is C22H16Cl2O2S2. The Labute approximate surface area is 177 Å². The Bertz CT molecular complexity index is 1200. The van der Waals surface area contributed by atoms with Crippen LogP contribution >= 0.6 is 21.4 Å². The average Bonchev–Trinajstić information content (AvgIpc) is 2.65. The van der Waals surface area contributed by atoms with Crippen LogP contribution in [0.25, 0.3) is 32.7 Å². The molecule has 0 aliphatic heterocycles. The highest BCUT2D eigenvalue weighted by Crippen LogP contribution is 2.44. The Kier molecular flexibility index (Phi) is 5.32. The minimum absolute atomic E-state index is 0.527. The third kappa shape index (κ3) is 3.18. The van der Waals surface area contributed by atoms with E-state index in [1.807, 2.05) is 74.5 Å². The molecule has 0 bridgehead atoms. The van der Waals surface area contributed by atoms with Crippen LogP contribution < -0.4 is 0 Å². The molecule has 0 aromatic heterocycles. The van der Waals surface area contributed by atoms with Crippen molar-refractivity contribution >= 4 is 62.9 Å². The third-order valence-corrected chi connectivity index (χ3v) is 7.57. The second-order valence-electron chi connectivity index (χ2n) is 6.68. The van der Waals surface area contributed by atoms with Crippen LogP contribution in [0, 0.1) is 13.8 Å². The maximum absolute atomic E-state index is 12.6. The normalized spacial score (nSPS) is 13.7. The van der Waals surface area contributed by atoms with E-state index >= 15 is 0 Å². The lowest BCUT2D eigenvalue weighted by molar-refractivity contribution is 0.689. The first-order valence-electron chi connectivity index (χ1n) is 8.61. The van der Waals surface area contributed by atoms with Gasteiger partial charge in [0.25, 0.3) is 0 Å². The van der Waals surface area contributed by atoms with E-state index in [0.29, 0.717) is 9.79 Å². The van der Waals surface area contributed by atoms with Gasteiger partial charge in [-0.3, -0.25) is 0 Å². The summed E-state index contributed by atoms with van der Waals surface area (Å²) >= 11 is 0. The van der Waals surface area contributed by atoms with Crippen LogP contribution in [0.2, 0.25) is 0 Å². The van der Waals surface area contributed by atoms with Crippen molar-refractivity contribution in [3.8, 4) is 11.1 Å². The summed E-state index contributed by atoms with van der Waals surface area (Å²) < 4.78 is 25.1. The van der Waals surface area contributed by atoms with Gasteiger partial charge in [-0.1, -0.05) is 60.7 Å². The van der Waals surface area contributed by atoms with Crippen molar-refractivity contribution in [2.24, 2.45) is 0 Å². The minimum Gasteiger partial charge on any atom is -0.237 e. The molecule has 2 atom stereocenters. The molecule has 0 heterocycles. The van der Waals surface area contributed by atoms with Gasteiger partial charge in [-0.25, -0.2) is 8.42 Å². The summed E-state index contributed by atoms with van der Waals surface area (Å²) in [5, 5.41) is 3.79. The summed E-state index contributed by atoms with van der Waals surface area (Å²) in [6, 6.07) is 19.7. The highest BCUT2D eigenvalue weighted by atomic mass is 35.7. The fraction of sp³-hybridized carbons (Fsp3) is 0.0909. The van der Waals surface area contributed by atoms with Crippen LogP contribution in [0.1, 0.15) is 11.1 Å². The minimum atomic E-state index is -1.75. The van der Waals surface area contributed by atoms with Crippen LogP contribution in [0.5, 0.6) is 0 Å². The Morgan fingerprint density at radius 2 is 1.00 bits per heavy atom. The van der Waals surface area contributed by atoms with Gasteiger partial charge in [0.1, 0.15) is 20.0 Å². The zero-order valence-electron chi connectivity index (χ0n) is 15.2. The van der Waals surface area contributed by atoms with Crippen molar-refractivity contribution < 1.29 is 8.42 Å². The second kappa shape index (κ2) is 7.60. The van der Waals surface area contributed by atoms with Gasteiger partial charge in [0.2, 0.25) is 0 Å². The topological polar surface area (TPSA) is 34.1 Å². The van der Waals surface area contributed by atoms with E-state index in [2.05, 4.69) is 0 Å². The molecule has 0 aliphatic rings. The number of aryl methyl sites for hydroxylation is 2. The maximum atomic E-state index is 12.6. The number of halogens is 2. The highest BCUT2D eigenvalue weighted by Gasteiger charge is 2.24. The van der Waals surface area contributed by atoms with Gasteiger partial charge in [0, 0.05) is 11.1 Å². The van der Waals surface area contributed by atoms with E-state index in [1.54, 1.807) is 0 Å². The van der Waals surface area contributed by atoms with Gasteiger partial charge in [-0.05, 0) is 67.9 Å². The van der Waals surface area contributed by atoms with Crippen molar-refractivity contribution in [2.45, 2.75) is 23.6 Å². The molecule has 2 nitrogen and oxygen atoms in total. The Morgan fingerprint density at radius 3 is 1.36 bits per heavy atom. The average molecular weight is 447 g/mol. The van der Waals surface area contributed by atoms with Crippen LogP contribution in [-0.2, 0) is 20.0 Å². The number of fused-ring (bicyclic) bond motifs is 2. The second-order valence-corrected chi connectivity index (χ2v) is 10.1. The molecule has 28 heavy (non-hydrogen) atoms. The van der Waals surface area contributed by atoms with Crippen LogP contribution in [0.15, 0.2) is 70.5 Å². The lowest BCUT2D eigenvalue weighted by Crippen LogP contribution is -2.00. The molecule has 4 rings (SSSR count). The summed E-state index contributed by atoms with van der Waals surface area (Å²) in [6.07, 6.45) is 0. The van der Waals surface area contributed by atoms with Crippen LogP contribution in [0.4, 0.5) is 0 Å². The fourth-order valence-corrected chi connectivity index (χ4v) is 6.41. The fourth-order valence-electron chi connectivity index (χ4n) is 3.85. The van der Waals surface area contributed by atoms with E-state index in [0.717, 1.165) is 43.8 Å². The lowest BCUT2D eigenvalue weighted by atomic mass is 9.91. The molecule has 6 heteroatoms. The van der Waals surface area contributed by atoms with E-state index in [1.165, 1.54) is 0 Å². The number of hydrogen-bond donors (Lipinski definition) is 0. The molecule has 0 aliphatic carbocycles. The molecule has 4 aromatic rings. The maximum Gasteiger partial charge on any atom is 0.148 e. The van der Waals surface area contributed by atoms with Crippen LogP contribution in [0.3, 0.4) is 0 Å². The SMILES string of the molecule is Cc1cc2ccccc2c(-c2c(S(=O)Cl)c(C)cc3ccccc23)c1S(=O)Cl. The Morgan fingerprint density at radius 1 is 0.643 bits per heavy atom. The van der Waals surface area contributed by atoms with E-state index in [-0.39, 0.29) is 0 Å². The molecule has 0 fully saturated rings. The largest absolute Gasteiger partial charge is 0.237 e. The first kappa shape index (κ1) is 19.6. The van der Waals surface area contributed by atoms with Gasteiger partial charge in [0.05, 0.1) is 9.79 Å². The molecule has 0 N–H and O–H groups in total. The number of benzene rings is 4. The standard InChI is InChI=1S/C22H16Cl2O2S2/c1-13-11-15-7-3-5-9-17(15)19(21(13)27(23)25)20-18-10-6-4-8-16(18)12-14(2)22(20)28(24)26/h3-12H,1-2H3. The predicted octanol–water partition coefficient (Wildman–Crippen LogP) is 6.80. The molecule has 0 saturated heterocycles. The number of hydrogen-bond acceptors (Lipinski definition) is 2. The molecule has 4 aromatic carbocycles. The smallest absolute Gasteiger partial charge is 0.148 e. The van der Waals surface area contributed by atoms with E-state index < -0.39 is 20.0 Å². The third-order valence-electron chi connectivity index (χ3n) is 4.95. The van der Waals surface area contributed by atoms with Gasteiger partial charge >= 0.3 is 0 Å². The van der Waals surface area contributed by atoms with Crippen molar-refractivity contribution in [3.05, 3.63) is 71.8 Å². The Balaban J connectivity index is 2.34. The number of rotatable bonds is 3. The first-order valence-corrected chi connectivity index (χ1v) is 12.6. The first-order chi connectivity index (χ1) is 13.4. The zero-order chi connectivity index (χ0) is 20.0. The Hall–Kier alpha value is -1.72. The molecule has 142 valence electrons. The van der Waals surface area contributed by atoms with Crippen molar-refractivity contribution in [1.82, 2.24) is 0 Å². The molecule has 0 spiro atoms. The monoisotopic (exact) mass is 446 g/mol. The quantitative estimate of drug-likeness (QED) is 0.324. The lowest BCUT2D eigenvalue weighted by Gasteiger charge is -2.19. The van der Waals surface area contributed by atoms with Crippen molar-refractivity contribution in [2.75, 3.05) is 0 Å². The molecule has 0 radical (unpaired) electrons. The highest BCUT2D eigenvalue weighted by molar-refractivity contribution is 8.08. The summed E-state index contributed by atoms with van der Waals surface area (Å²) in [5.74, 6) is 0. The van der Waals surface area contributed by atoms with Gasteiger partial charge in [-0.15, -0.1) is 0 Å². The van der Waals surface area contributed by atoms with Crippen molar-refractivity contribution in [3.63, 3.8) is 0 Å². The molecule has 0 amide bonds. The van der Waals surface area contributed by atoms with Crippen molar-refractivity contribution in [1.29, 1.82) is 0 Å². The van der Waals surface area contributed by atoms with Crippen LogP contribution in [-0.4, -0.2) is 8.42 Å². The summed E-state index contributed by atoms with van der Waals surface area (Å²) in [6.45, 7) is 3.78.